The van der Waals surface area contributed by atoms with E-state index < -0.39 is 5.91 Å². The minimum absolute atomic E-state index is 0.0748. The zero-order chi connectivity index (χ0) is 28.1. The van der Waals surface area contributed by atoms with Gasteiger partial charge in [-0.25, -0.2) is 4.98 Å². The molecule has 0 saturated heterocycles. The van der Waals surface area contributed by atoms with Crippen molar-refractivity contribution >= 4 is 63.9 Å². The highest BCUT2D eigenvalue weighted by molar-refractivity contribution is 7.15. The van der Waals surface area contributed by atoms with Gasteiger partial charge in [-0.3, -0.25) is 24.7 Å². The Balaban J connectivity index is 1.40. The summed E-state index contributed by atoms with van der Waals surface area (Å²) in [6.07, 6.45) is 7.41. The first-order valence-corrected chi connectivity index (χ1v) is 13.3. The number of carbonyl (C=O) groups is 3. The number of nitrogens with zero attached hydrogens (tertiary/aromatic N) is 4. The molecular formula is C30H26N6O3S. The Morgan fingerprint density at radius 2 is 1.77 bits per heavy atom. The highest BCUT2D eigenvalue weighted by Gasteiger charge is 2.19. The number of primary amides is 1. The zero-order valence-electron chi connectivity index (χ0n) is 21.7. The van der Waals surface area contributed by atoms with E-state index >= 15 is 0 Å². The van der Waals surface area contributed by atoms with Gasteiger partial charge in [-0.1, -0.05) is 24.3 Å². The highest BCUT2D eigenvalue weighted by atomic mass is 32.1. The minimum atomic E-state index is -0.465. The van der Waals surface area contributed by atoms with Gasteiger partial charge >= 0.3 is 0 Å². The average Bonchev–Trinajstić information content (AvgIpc) is 3.59. The molecule has 0 fully saturated rings. The molecule has 0 saturated carbocycles. The second kappa shape index (κ2) is 11.7. The molecule has 0 bridgehead atoms. The zero-order valence-corrected chi connectivity index (χ0v) is 22.5. The van der Waals surface area contributed by atoms with Crippen LogP contribution in [0.15, 0.2) is 85.2 Å². The van der Waals surface area contributed by atoms with Gasteiger partial charge in [0.15, 0.2) is 0 Å². The lowest BCUT2D eigenvalue weighted by molar-refractivity contribution is -0.118. The summed E-state index contributed by atoms with van der Waals surface area (Å²) in [5.41, 5.74) is 8.89. The van der Waals surface area contributed by atoms with Crippen molar-refractivity contribution < 1.29 is 14.4 Å². The molecule has 3 aromatic heterocycles. The fourth-order valence-corrected chi connectivity index (χ4v) is 4.95. The number of pyridine rings is 1. The standard InChI is InChI=1S/C30H26N6O3S/c1-35(29(39)21-5-3-2-4-6-21)22-8-11-25-24(19-22)33-30(36(25)18-15-27(31)37)34-28(38)26-12-10-23(40-26)9-7-20-13-16-32-17-14-20/h2-14,16-17,19H,15,18H2,1H3,(H2,31,37)(H,33,34,38)/b9-7+. The summed E-state index contributed by atoms with van der Waals surface area (Å²) in [5.74, 6) is -0.653. The van der Waals surface area contributed by atoms with Crippen molar-refractivity contribution in [3.8, 4) is 0 Å². The number of hydrogen-bond donors (Lipinski definition) is 2. The van der Waals surface area contributed by atoms with Gasteiger partial charge in [0.1, 0.15) is 0 Å². The SMILES string of the molecule is CN(C(=O)c1ccccc1)c1ccc2c(c1)nc(NC(=O)c1ccc(/C=C/c3ccncc3)s1)n2CCC(N)=O. The number of aryl methyl sites for hydroxylation is 1. The van der Waals surface area contributed by atoms with Crippen LogP contribution in [0.5, 0.6) is 0 Å². The normalized spacial score (nSPS) is 11.1. The van der Waals surface area contributed by atoms with E-state index in [2.05, 4.69) is 15.3 Å². The van der Waals surface area contributed by atoms with Crippen LogP contribution < -0.4 is 16.0 Å². The van der Waals surface area contributed by atoms with E-state index in [-0.39, 0.29) is 30.7 Å². The van der Waals surface area contributed by atoms with E-state index in [0.29, 0.717) is 27.2 Å². The molecule has 5 aromatic rings. The van der Waals surface area contributed by atoms with Crippen LogP contribution in [0, 0.1) is 0 Å². The number of nitrogens with two attached hydrogens (primary N) is 1. The number of amides is 3. The maximum absolute atomic E-state index is 13.2. The van der Waals surface area contributed by atoms with Crippen LogP contribution in [0.4, 0.5) is 11.6 Å². The topological polar surface area (TPSA) is 123 Å². The first-order chi connectivity index (χ1) is 19.4. The molecule has 0 aliphatic carbocycles. The van der Waals surface area contributed by atoms with Crippen molar-refractivity contribution in [2.45, 2.75) is 13.0 Å². The number of hydrogen-bond acceptors (Lipinski definition) is 6. The third-order valence-electron chi connectivity index (χ3n) is 6.25. The van der Waals surface area contributed by atoms with Gasteiger partial charge in [0.25, 0.3) is 11.8 Å². The van der Waals surface area contributed by atoms with E-state index in [9.17, 15) is 14.4 Å². The lowest BCUT2D eigenvalue weighted by Crippen LogP contribution is -2.26. The summed E-state index contributed by atoms with van der Waals surface area (Å²) in [7, 11) is 1.70. The minimum Gasteiger partial charge on any atom is -0.370 e. The fourth-order valence-electron chi connectivity index (χ4n) is 4.14. The predicted octanol–water partition coefficient (Wildman–Crippen LogP) is 5.07. The molecule has 0 aliphatic heterocycles. The van der Waals surface area contributed by atoms with Gasteiger partial charge < -0.3 is 15.2 Å². The fraction of sp³-hybridized carbons (Fsp3) is 0.100. The van der Waals surface area contributed by atoms with E-state index in [1.54, 1.807) is 59.2 Å². The molecule has 3 heterocycles. The molecule has 10 heteroatoms. The van der Waals surface area contributed by atoms with Crippen molar-refractivity contribution in [2.24, 2.45) is 5.73 Å². The Morgan fingerprint density at radius 3 is 2.52 bits per heavy atom. The first kappa shape index (κ1) is 26.5. The van der Waals surface area contributed by atoms with E-state index in [4.69, 9.17) is 5.73 Å². The smallest absolute Gasteiger partial charge is 0.268 e. The number of fused-ring (bicyclic) bond motifs is 1. The third-order valence-corrected chi connectivity index (χ3v) is 7.30. The quantitative estimate of drug-likeness (QED) is 0.265. The molecular weight excluding hydrogens is 524 g/mol. The molecule has 200 valence electrons. The van der Waals surface area contributed by atoms with Gasteiger partial charge in [-0.05, 0) is 66.2 Å². The van der Waals surface area contributed by atoms with Crippen molar-refractivity contribution in [3.63, 3.8) is 0 Å². The monoisotopic (exact) mass is 550 g/mol. The van der Waals surface area contributed by atoms with Crippen LogP contribution in [0.25, 0.3) is 23.2 Å². The molecule has 0 aliphatic rings. The number of carbonyl (C=O) groups excluding carboxylic acids is 3. The average molecular weight is 551 g/mol. The van der Waals surface area contributed by atoms with Gasteiger partial charge in [0.05, 0.1) is 15.9 Å². The summed E-state index contributed by atoms with van der Waals surface area (Å²) in [4.78, 5) is 49.3. The third kappa shape index (κ3) is 5.97. The lowest BCUT2D eigenvalue weighted by atomic mass is 10.2. The second-order valence-corrected chi connectivity index (χ2v) is 10.1. The molecule has 0 atom stereocenters. The largest absolute Gasteiger partial charge is 0.370 e. The Labute approximate surface area is 234 Å². The molecule has 0 spiro atoms. The van der Waals surface area contributed by atoms with Crippen LogP contribution in [0.2, 0.25) is 0 Å². The van der Waals surface area contributed by atoms with Crippen LogP contribution in [0.3, 0.4) is 0 Å². The summed E-state index contributed by atoms with van der Waals surface area (Å²) in [6.45, 7) is 0.240. The van der Waals surface area contributed by atoms with Gasteiger partial charge in [0, 0.05) is 48.5 Å². The maximum atomic E-state index is 13.2. The van der Waals surface area contributed by atoms with Crippen molar-refractivity contribution in [1.29, 1.82) is 0 Å². The summed E-state index contributed by atoms with van der Waals surface area (Å²) in [6, 6.07) is 21.8. The highest BCUT2D eigenvalue weighted by Crippen LogP contribution is 2.27. The van der Waals surface area contributed by atoms with Gasteiger partial charge in [0.2, 0.25) is 11.9 Å². The number of nitrogens with one attached hydrogen (secondary N) is 1. The molecule has 0 radical (unpaired) electrons. The number of anilines is 2. The van der Waals surface area contributed by atoms with Crippen LogP contribution in [0.1, 0.15) is 36.9 Å². The van der Waals surface area contributed by atoms with Crippen LogP contribution >= 0.6 is 11.3 Å². The molecule has 3 N–H and O–H groups in total. The molecule has 40 heavy (non-hydrogen) atoms. The van der Waals surface area contributed by atoms with Gasteiger partial charge in [-0.15, -0.1) is 11.3 Å². The Kier molecular flexibility index (Phi) is 7.79. The summed E-state index contributed by atoms with van der Waals surface area (Å²) >= 11 is 1.35. The number of thiophene rings is 1. The first-order valence-electron chi connectivity index (χ1n) is 12.5. The van der Waals surface area contributed by atoms with Crippen LogP contribution in [-0.2, 0) is 11.3 Å². The van der Waals surface area contributed by atoms with Crippen molar-refractivity contribution in [1.82, 2.24) is 14.5 Å². The number of rotatable bonds is 9. The molecule has 0 unspecified atom stereocenters. The van der Waals surface area contributed by atoms with Crippen molar-refractivity contribution in [3.05, 3.63) is 106 Å². The Bertz CT molecular complexity index is 1710. The molecule has 3 amide bonds. The number of aromatic nitrogens is 3. The summed E-state index contributed by atoms with van der Waals surface area (Å²) in [5, 5.41) is 2.88. The summed E-state index contributed by atoms with van der Waals surface area (Å²) < 4.78 is 1.75. The number of imidazole rings is 1. The molecule has 5 rings (SSSR count). The van der Waals surface area contributed by atoms with E-state index in [0.717, 1.165) is 10.4 Å². The predicted molar refractivity (Wildman–Crippen MR) is 158 cm³/mol. The maximum Gasteiger partial charge on any atom is 0.268 e. The van der Waals surface area contributed by atoms with Gasteiger partial charge in [-0.2, -0.15) is 0 Å². The van der Waals surface area contributed by atoms with Crippen LogP contribution in [-0.4, -0.2) is 39.3 Å². The Morgan fingerprint density at radius 1 is 1.00 bits per heavy atom. The number of benzene rings is 2. The lowest BCUT2D eigenvalue weighted by Gasteiger charge is -2.17. The molecule has 2 aromatic carbocycles. The molecule has 9 nitrogen and oxygen atoms in total. The van der Waals surface area contributed by atoms with E-state index in [1.807, 2.05) is 54.6 Å². The second-order valence-electron chi connectivity index (χ2n) is 8.98. The van der Waals surface area contributed by atoms with E-state index in [1.165, 1.54) is 11.3 Å². The van der Waals surface area contributed by atoms with Crippen molar-refractivity contribution in [2.75, 3.05) is 17.3 Å². The Hall–Kier alpha value is -5.09.